The van der Waals surface area contributed by atoms with Gasteiger partial charge in [0.1, 0.15) is 0 Å². The quantitative estimate of drug-likeness (QED) is 0.898. The van der Waals surface area contributed by atoms with Gasteiger partial charge in [0.25, 0.3) is 0 Å². The summed E-state index contributed by atoms with van der Waals surface area (Å²) in [7, 11) is 0. The molecule has 3 rings (SSSR count). The predicted molar refractivity (Wildman–Crippen MR) is 92.9 cm³/mol. The molecule has 0 aliphatic carbocycles. The molecule has 1 unspecified atom stereocenters. The largest absolute Gasteiger partial charge is 0.369 e. The molecule has 0 amide bonds. The van der Waals surface area contributed by atoms with Gasteiger partial charge in [0, 0.05) is 42.4 Å². The maximum atomic E-state index is 3.74. The minimum atomic E-state index is 0.771. The van der Waals surface area contributed by atoms with Crippen molar-refractivity contribution in [1.29, 1.82) is 0 Å². The number of halogens is 1. The zero-order chi connectivity index (χ0) is 14.7. The summed E-state index contributed by atoms with van der Waals surface area (Å²) in [5.74, 6) is 0. The lowest BCUT2D eigenvalue weighted by Gasteiger charge is -2.45. The first-order valence-corrected chi connectivity index (χ1v) is 9.05. The van der Waals surface area contributed by atoms with Gasteiger partial charge in [-0.25, -0.2) is 0 Å². The van der Waals surface area contributed by atoms with Crippen LogP contribution in [0.2, 0.25) is 0 Å². The Hall–Kier alpha value is -0.580. The highest BCUT2D eigenvalue weighted by molar-refractivity contribution is 9.10. The van der Waals surface area contributed by atoms with E-state index in [0.717, 1.165) is 25.7 Å². The second-order valence-corrected chi connectivity index (χ2v) is 7.04. The first-order chi connectivity index (χ1) is 10.3. The molecule has 0 spiro atoms. The SMILES string of the molecule is CCNCc1ccc(N2CCN3CCCCC3C2)cc1Br. The van der Waals surface area contributed by atoms with Crippen molar-refractivity contribution in [2.24, 2.45) is 0 Å². The third-order valence-electron chi connectivity index (χ3n) is 4.80. The van der Waals surface area contributed by atoms with Crippen LogP contribution >= 0.6 is 15.9 Å². The van der Waals surface area contributed by atoms with E-state index in [1.807, 2.05) is 0 Å². The van der Waals surface area contributed by atoms with Crippen molar-refractivity contribution in [3.05, 3.63) is 28.2 Å². The van der Waals surface area contributed by atoms with E-state index in [-0.39, 0.29) is 0 Å². The van der Waals surface area contributed by atoms with Crippen LogP contribution in [0.5, 0.6) is 0 Å². The van der Waals surface area contributed by atoms with Gasteiger partial charge in [0.05, 0.1) is 0 Å². The van der Waals surface area contributed by atoms with Gasteiger partial charge in [0.15, 0.2) is 0 Å². The maximum Gasteiger partial charge on any atom is 0.0378 e. The van der Waals surface area contributed by atoms with Crippen molar-refractivity contribution >= 4 is 21.6 Å². The Bertz CT molecular complexity index is 477. The number of piperazine rings is 1. The lowest BCUT2D eigenvalue weighted by molar-refractivity contribution is 0.133. The molecule has 1 aromatic carbocycles. The summed E-state index contributed by atoms with van der Waals surface area (Å²) in [6.45, 7) is 8.98. The number of benzene rings is 1. The summed E-state index contributed by atoms with van der Waals surface area (Å²) in [6, 6.07) is 7.61. The summed E-state index contributed by atoms with van der Waals surface area (Å²) >= 11 is 3.74. The number of hydrogen-bond donors (Lipinski definition) is 1. The van der Waals surface area contributed by atoms with Crippen LogP contribution in [-0.2, 0) is 6.54 Å². The number of nitrogens with one attached hydrogen (secondary N) is 1. The van der Waals surface area contributed by atoms with Crippen molar-refractivity contribution in [2.75, 3.05) is 37.6 Å². The van der Waals surface area contributed by atoms with E-state index in [1.54, 1.807) is 0 Å². The third kappa shape index (κ3) is 3.61. The van der Waals surface area contributed by atoms with Crippen molar-refractivity contribution in [1.82, 2.24) is 10.2 Å². The van der Waals surface area contributed by atoms with E-state index < -0.39 is 0 Å². The van der Waals surface area contributed by atoms with Gasteiger partial charge in [-0.15, -0.1) is 0 Å². The number of fused-ring (bicyclic) bond motifs is 1. The minimum absolute atomic E-state index is 0.771. The summed E-state index contributed by atoms with van der Waals surface area (Å²) in [5, 5.41) is 3.39. The van der Waals surface area contributed by atoms with Crippen LogP contribution in [0.4, 0.5) is 5.69 Å². The molecule has 1 N–H and O–H groups in total. The van der Waals surface area contributed by atoms with E-state index in [9.17, 15) is 0 Å². The average molecular weight is 352 g/mol. The van der Waals surface area contributed by atoms with Crippen LogP contribution in [0.25, 0.3) is 0 Å². The lowest BCUT2D eigenvalue weighted by Crippen LogP contribution is -2.54. The van der Waals surface area contributed by atoms with Crippen LogP contribution in [0.15, 0.2) is 22.7 Å². The van der Waals surface area contributed by atoms with Crippen LogP contribution in [-0.4, -0.2) is 43.7 Å². The monoisotopic (exact) mass is 351 g/mol. The van der Waals surface area contributed by atoms with Crippen molar-refractivity contribution < 1.29 is 0 Å². The van der Waals surface area contributed by atoms with Crippen LogP contribution in [0.3, 0.4) is 0 Å². The highest BCUT2D eigenvalue weighted by Crippen LogP contribution is 2.28. The summed E-state index contributed by atoms with van der Waals surface area (Å²) in [5.41, 5.74) is 2.71. The molecule has 1 aromatic rings. The second kappa shape index (κ2) is 7.12. The van der Waals surface area contributed by atoms with E-state index in [1.165, 1.54) is 54.6 Å². The number of nitrogens with zero attached hydrogens (tertiary/aromatic N) is 2. The second-order valence-electron chi connectivity index (χ2n) is 6.19. The number of anilines is 1. The average Bonchev–Trinajstić information content (AvgIpc) is 2.53. The molecule has 3 nitrogen and oxygen atoms in total. The van der Waals surface area contributed by atoms with Crippen LogP contribution < -0.4 is 10.2 Å². The molecule has 0 bridgehead atoms. The Morgan fingerprint density at radius 3 is 2.95 bits per heavy atom. The van der Waals surface area contributed by atoms with E-state index in [4.69, 9.17) is 0 Å². The molecule has 2 aliphatic heterocycles. The lowest BCUT2D eigenvalue weighted by atomic mass is 9.99. The molecule has 2 saturated heterocycles. The van der Waals surface area contributed by atoms with Gasteiger partial charge in [-0.2, -0.15) is 0 Å². The third-order valence-corrected chi connectivity index (χ3v) is 5.54. The topological polar surface area (TPSA) is 18.5 Å². The molecule has 2 aliphatic rings. The predicted octanol–water partition coefficient (Wildman–Crippen LogP) is 3.23. The highest BCUT2D eigenvalue weighted by Gasteiger charge is 2.28. The van der Waals surface area contributed by atoms with Crippen molar-refractivity contribution in [3.63, 3.8) is 0 Å². The number of piperidine rings is 1. The smallest absolute Gasteiger partial charge is 0.0378 e. The molecule has 0 radical (unpaired) electrons. The van der Waals surface area contributed by atoms with Gasteiger partial charge < -0.3 is 10.2 Å². The van der Waals surface area contributed by atoms with Gasteiger partial charge in [-0.3, -0.25) is 4.90 Å². The van der Waals surface area contributed by atoms with Gasteiger partial charge >= 0.3 is 0 Å². The minimum Gasteiger partial charge on any atom is -0.369 e. The van der Waals surface area contributed by atoms with Crippen LogP contribution in [0.1, 0.15) is 31.7 Å². The Morgan fingerprint density at radius 2 is 2.14 bits per heavy atom. The Kier molecular flexibility index (Phi) is 5.19. The molecule has 0 aromatic heterocycles. The molecule has 116 valence electrons. The molecule has 2 fully saturated rings. The fourth-order valence-electron chi connectivity index (χ4n) is 3.53. The first-order valence-electron chi connectivity index (χ1n) is 8.26. The molecular weight excluding hydrogens is 326 g/mol. The summed E-state index contributed by atoms with van der Waals surface area (Å²) < 4.78 is 1.23. The van der Waals surface area contributed by atoms with Gasteiger partial charge in [0.2, 0.25) is 0 Å². The van der Waals surface area contributed by atoms with Gasteiger partial charge in [-0.1, -0.05) is 35.3 Å². The Labute approximate surface area is 136 Å². The first kappa shape index (κ1) is 15.3. The van der Waals surface area contributed by atoms with E-state index in [0.29, 0.717) is 0 Å². The summed E-state index contributed by atoms with van der Waals surface area (Å²) in [4.78, 5) is 5.25. The molecule has 2 heterocycles. The molecule has 21 heavy (non-hydrogen) atoms. The Balaban J connectivity index is 1.67. The molecule has 1 atom stereocenters. The standard InChI is InChI=1S/C17H26BrN3/c1-2-19-12-14-6-7-15(11-17(14)18)21-10-9-20-8-4-3-5-16(20)13-21/h6-7,11,16,19H,2-5,8-10,12-13H2,1H3. The fourth-order valence-corrected chi connectivity index (χ4v) is 4.03. The summed E-state index contributed by atoms with van der Waals surface area (Å²) in [6.07, 6.45) is 4.16. The fraction of sp³-hybridized carbons (Fsp3) is 0.647. The zero-order valence-corrected chi connectivity index (χ0v) is 14.5. The molecule has 0 saturated carbocycles. The van der Waals surface area contributed by atoms with Crippen molar-refractivity contribution in [3.8, 4) is 0 Å². The van der Waals surface area contributed by atoms with E-state index in [2.05, 4.69) is 56.2 Å². The molecule has 4 heteroatoms. The Morgan fingerprint density at radius 1 is 1.24 bits per heavy atom. The number of rotatable bonds is 4. The molecular formula is C17H26BrN3. The zero-order valence-electron chi connectivity index (χ0n) is 12.9. The highest BCUT2D eigenvalue weighted by atomic mass is 79.9. The maximum absolute atomic E-state index is 3.74. The van der Waals surface area contributed by atoms with Crippen molar-refractivity contribution in [2.45, 2.75) is 38.8 Å². The van der Waals surface area contributed by atoms with Crippen LogP contribution in [0, 0.1) is 0 Å². The normalized spacial score (nSPS) is 23.1. The van der Waals surface area contributed by atoms with Gasteiger partial charge in [-0.05, 0) is 43.6 Å². The number of hydrogen-bond acceptors (Lipinski definition) is 3. The van der Waals surface area contributed by atoms with E-state index >= 15 is 0 Å².